The zero-order valence-corrected chi connectivity index (χ0v) is 9.83. The first-order valence-electron chi connectivity index (χ1n) is 5.51. The van der Waals surface area contributed by atoms with Crippen LogP contribution in [-0.4, -0.2) is 11.2 Å². The number of halogens is 3. The number of benzene rings is 1. The third-order valence-corrected chi connectivity index (χ3v) is 2.65. The lowest BCUT2D eigenvalue weighted by Gasteiger charge is -2.25. The van der Waals surface area contributed by atoms with Crippen LogP contribution in [0.4, 0.5) is 13.2 Å². The van der Waals surface area contributed by atoms with Gasteiger partial charge in [0.2, 0.25) is 5.54 Å². The quantitative estimate of drug-likeness (QED) is 0.764. The van der Waals surface area contributed by atoms with E-state index in [1.807, 2.05) is 0 Å². The molecule has 0 saturated heterocycles. The fourth-order valence-corrected chi connectivity index (χ4v) is 1.56. The summed E-state index contributed by atoms with van der Waals surface area (Å²) in [7, 11) is 0. The minimum atomic E-state index is -4.67. The van der Waals surface area contributed by atoms with Crippen molar-refractivity contribution in [1.29, 1.82) is 0 Å². The van der Waals surface area contributed by atoms with Gasteiger partial charge in [0.15, 0.2) is 0 Å². The Kier molecular flexibility index (Phi) is 3.36. The van der Waals surface area contributed by atoms with E-state index in [1.165, 1.54) is 18.3 Å². The molecule has 2 nitrogen and oxygen atoms in total. The molecule has 2 aromatic rings. The Morgan fingerprint density at radius 2 is 1.68 bits per heavy atom. The Balaban J connectivity index is 2.45. The second-order valence-corrected chi connectivity index (χ2v) is 4.01. The Hall–Kier alpha value is -2.19. The van der Waals surface area contributed by atoms with Crippen molar-refractivity contribution in [3.05, 3.63) is 59.9 Å². The minimum absolute atomic E-state index is 0.177. The maximum atomic E-state index is 13.1. The summed E-state index contributed by atoms with van der Waals surface area (Å²) in [5.74, 6) is 4.59. The maximum Gasteiger partial charge on any atom is 0.423 e. The Bertz CT molecular complexity index is 591. The van der Waals surface area contributed by atoms with Crippen molar-refractivity contribution in [3.63, 3.8) is 0 Å². The molecule has 0 bridgehead atoms. The lowest BCUT2D eigenvalue weighted by molar-refractivity contribution is -0.172. The zero-order valence-electron chi connectivity index (χ0n) is 9.83. The van der Waals surface area contributed by atoms with Crippen LogP contribution in [0.1, 0.15) is 11.3 Å². The molecule has 0 amide bonds. The summed E-state index contributed by atoms with van der Waals surface area (Å²) in [5.41, 5.74) is 3.06. The fourth-order valence-electron chi connectivity index (χ4n) is 1.56. The first-order valence-corrected chi connectivity index (χ1v) is 5.51. The zero-order chi connectivity index (χ0) is 13.9. The van der Waals surface area contributed by atoms with Crippen molar-refractivity contribution in [1.82, 2.24) is 4.98 Å². The highest BCUT2D eigenvalue weighted by Gasteiger charge is 2.53. The van der Waals surface area contributed by atoms with Crippen LogP contribution in [0, 0.1) is 11.8 Å². The summed E-state index contributed by atoms with van der Waals surface area (Å²) < 4.78 is 39.4. The van der Waals surface area contributed by atoms with Gasteiger partial charge in [0.05, 0.1) is 5.69 Å². The SMILES string of the molecule is N[C@](C#Cc1ccccc1)(c1ccc[nH]1)C(F)(F)F. The normalized spacial score (nSPS) is 14.3. The Morgan fingerprint density at radius 3 is 2.21 bits per heavy atom. The molecule has 98 valence electrons. The van der Waals surface area contributed by atoms with Crippen LogP contribution in [0.5, 0.6) is 0 Å². The standard InChI is InChI=1S/C14H11F3N2/c15-14(16,17)13(18,12-7-4-10-19-12)9-8-11-5-2-1-3-6-11/h1-7,10,19H,18H2/t13-/m1/s1. The number of aromatic nitrogens is 1. The van der Waals surface area contributed by atoms with Crippen LogP contribution < -0.4 is 5.73 Å². The minimum Gasteiger partial charge on any atom is -0.362 e. The molecule has 1 aromatic carbocycles. The largest absolute Gasteiger partial charge is 0.423 e. The van der Waals surface area contributed by atoms with E-state index in [9.17, 15) is 13.2 Å². The second kappa shape index (κ2) is 4.82. The summed E-state index contributed by atoms with van der Waals surface area (Å²) in [4.78, 5) is 2.47. The third kappa shape index (κ3) is 2.64. The second-order valence-electron chi connectivity index (χ2n) is 4.01. The number of aromatic amines is 1. The molecule has 0 radical (unpaired) electrons. The molecule has 0 spiro atoms. The van der Waals surface area contributed by atoms with E-state index in [0.29, 0.717) is 5.56 Å². The van der Waals surface area contributed by atoms with Crippen molar-refractivity contribution in [2.75, 3.05) is 0 Å². The van der Waals surface area contributed by atoms with Crippen LogP contribution in [0.2, 0.25) is 0 Å². The van der Waals surface area contributed by atoms with E-state index >= 15 is 0 Å². The monoisotopic (exact) mass is 264 g/mol. The van der Waals surface area contributed by atoms with Gasteiger partial charge in [0.1, 0.15) is 0 Å². The van der Waals surface area contributed by atoms with E-state index in [0.717, 1.165) is 0 Å². The van der Waals surface area contributed by atoms with Gasteiger partial charge in [-0.15, -0.1) is 0 Å². The van der Waals surface area contributed by atoms with Gasteiger partial charge < -0.3 is 10.7 Å². The number of alkyl halides is 3. The van der Waals surface area contributed by atoms with Gasteiger partial charge in [0.25, 0.3) is 0 Å². The van der Waals surface area contributed by atoms with Crippen LogP contribution in [0.25, 0.3) is 0 Å². The third-order valence-electron chi connectivity index (χ3n) is 2.65. The lowest BCUT2D eigenvalue weighted by Crippen LogP contribution is -2.49. The highest BCUT2D eigenvalue weighted by atomic mass is 19.4. The number of nitrogens with one attached hydrogen (secondary N) is 1. The van der Waals surface area contributed by atoms with Crippen molar-refractivity contribution in [3.8, 4) is 11.8 Å². The molecule has 5 heteroatoms. The van der Waals surface area contributed by atoms with Crippen LogP contribution in [-0.2, 0) is 5.54 Å². The maximum absolute atomic E-state index is 13.1. The number of H-pyrrole nitrogens is 1. The van der Waals surface area contributed by atoms with Gasteiger partial charge in [-0.2, -0.15) is 13.2 Å². The van der Waals surface area contributed by atoms with Gasteiger partial charge in [-0.05, 0) is 24.3 Å². The van der Waals surface area contributed by atoms with E-state index in [1.54, 1.807) is 30.3 Å². The van der Waals surface area contributed by atoms with E-state index < -0.39 is 11.7 Å². The summed E-state index contributed by atoms with van der Waals surface area (Å²) >= 11 is 0. The van der Waals surface area contributed by atoms with Gasteiger partial charge in [-0.1, -0.05) is 30.0 Å². The number of nitrogens with two attached hydrogens (primary N) is 1. The average Bonchev–Trinajstić information content (AvgIpc) is 2.90. The molecule has 3 N–H and O–H groups in total. The fraction of sp³-hybridized carbons (Fsp3) is 0.143. The molecule has 1 aromatic heterocycles. The van der Waals surface area contributed by atoms with E-state index in [2.05, 4.69) is 16.8 Å². The van der Waals surface area contributed by atoms with Crippen molar-refractivity contribution < 1.29 is 13.2 Å². The summed E-state index contributed by atoms with van der Waals surface area (Å²) in [5, 5.41) is 0. The first kappa shape index (κ1) is 13.2. The molecule has 0 aliphatic heterocycles. The smallest absolute Gasteiger partial charge is 0.362 e. The summed E-state index contributed by atoms with van der Waals surface area (Å²) in [6, 6.07) is 11.1. The predicted octanol–water partition coefficient (Wildman–Crippen LogP) is 2.78. The Labute approximate surface area is 108 Å². The van der Waals surface area contributed by atoms with Crippen LogP contribution in [0.3, 0.4) is 0 Å². The molecule has 2 rings (SSSR count). The molecule has 1 atom stereocenters. The number of hydrogen-bond donors (Lipinski definition) is 2. The van der Waals surface area contributed by atoms with E-state index in [4.69, 9.17) is 5.73 Å². The number of hydrogen-bond acceptors (Lipinski definition) is 1. The molecule has 0 saturated carbocycles. The van der Waals surface area contributed by atoms with Crippen LogP contribution in [0.15, 0.2) is 48.7 Å². The average molecular weight is 264 g/mol. The van der Waals surface area contributed by atoms with Crippen molar-refractivity contribution in [2.45, 2.75) is 11.7 Å². The molecule has 0 unspecified atom stereocenters. The van der Waals surface area contributed by atoms with Gasteiger partial charge in [-0.25, -0.2) is 0 Å². The number of rotatable bonds is 1. The lowest BCUT2D eigenvalue weighted by atomic mass is 9.96. The van der Waals surface area contributed by atoms with Gasteiger partial charge in [-0.3, -0.25) is 0 Å². The van der Waals surface area contributed by atoms with Gasteiger partial charge >= 0.3 is 6.18 Å². The summed E-state index contributed by atoms with van der Waals surface area (Å²) in [6.07, 6.45) is -3.29. The predicted molar refractivity (Wildman–Crippen MR) is 66.0 cm³/mol. The molecule has 19 heavy (non-hydrogen) atoms. The van der Waals surface area contributed by atoms with Gasteiger partial charge in [0, 0.05) is 11.8 Å². The molecule has 0 aliphatic carbocycles. The molecule has 0 aliphatic rings. The van der Waals surface area contributed by atoms with E-state index in [-0.39, 0.29) is 5.69 Å². The molecular formula is C14H11F3N2. The highest BCUT2D eigenvalue weighted by molar-refractivity contribution is 5.40. The first-order chi connectivity index (χ1) is 8.93. The molecule has 0 fully saturated rings. The highest BCUT2D eigenvalue weighted by Crippen LogP contribution is 2.35. The summed E-state index contributed by atoms with van der Waals surface area (Å²) in [6.45, 7) is 0. The van der Waals surface area contributed by atoms with Crippen LogP contribution >= 0.6 is 0 Å². The Morgan fingerprint density at radius 1 is 1.00 bits per heavy atom. The molecule has 1 heterocycles. The van der Waals surface area contributed by atoms with Crippen molar-refractivity contribution in [2.24, 2.45) is 5.73 Å². The van der Waals surface area contributed by atoms with Crippen molar-refractivity contribution >= 4 is 0 Å². The molecular weight excluding hydrogens is 253 g/mol. The topological polar surface area (TPSA) is 41.8 Å².